The average molecular weight is 308 g/mol. The SMILES string of the molecule is O=C(CCNc1c(F)c(F)c(F)c(F)c1F)N1CCCC1. The smallest absolute Gasteiger partial charge is 0.224 e. The van der Waals surface area contributed by atoms with Crippen LogP contribution in [0.4, 0.5) is 27.6 Å². The Morgan fingerprint density at radius 1 is 0.905 bits per heavy atom. The second-order valence-corrected chi connectivity index (χ2v) is 4.71. The maximum Gasteiger partial charge on any atom is 0.224 e. The predicted molar refractivity (Wildman–Crippen MR) is 65.2 cm³/mol. The Morgan fingerprint density at radius 3 is 1.90 bits per heavy atom. The molecule has 1 amide bonds. The summed E-state index contributed by atoms with van der Waals surface area (Å²) in [7, 11) is 0. The summed E-state index contributed by atoms with van der Waals surface area (Å²) >= 11 is 0. The van der Waals surface area contributed by atoms with E-state index in [9.17, 15) is 26.7 Å². The lowest BCUT2D eigenvalue weighted by molar-refractivity contribution is -0.129. The molecule has 0 aromatic heterocycles. The highest BCUT2D eigenvalue weighted by atomic mass is 19.2. The lowest BCUT2D eigenvalue weighted by atomic mass is 10.2. The fraction of sp³-hybridized carbons (Fsp3) is 0.462. The molecule has 2 rings (SSSR count). The third-order valence-corrected chi connectivity index (χ3v) is 3.31. The molecule has 8 heteroatoms. The van der Waals surface area contributed by atoms with E-state index in [0.29, 0.717) is 13.1 Å². The standard InChI is InChI=1S/C13H13F5N2O/c14-8-9(15)11(17)13(12(18)10(8)16)19-4-3-7(21)20-5-1-2-6-20/h19H,1-6H2. The summed E-state index contributed by atoms with van der Waals surface area (Å²) < 4.78 is 65.5. The Morgan fingerprint density at radius 2 is 1.38 bits per heavy atom. The largest absolute Gasteiger partial charge is 0.380 e. The normalized spacial score (nSPS) is 14.6. The summed E-state index contributed by atoms with van der Waals surface area (Å²) in [4.78, 5) is 13.3. The molecule has 1 aliphatic rings. The first kappa shape index (κ1) is 15.5. The lowest BCUT2D eigenvalue weighted by Gasteiger charge is -2.16. The number of nitrogens with one attached hydrogen (secondary N) is 1. The number of hydrogen-bond acceptors (Lipinski definition) is 2. The summed E-state index contributed by atoms with van der Waals surface area (Å²) in [5.41, 5.74) is -1.11. The first-order valence-electron chi connectivity index (χ1n) is 6.46. The van der Waals surface area contributed by atoms with E-state index < -0.39 is 34.8 Å². The van der Waals surface area contributed by atoms with E-state index in [1.165, 1.54) is 0 Å². The van der Waals surface area contributed by atoms with E-state index in [-0.39, 0.29) is 18.9 Å². The van der Waals surface area contributed by atoms with Crippen LogP contribution in [-0.2, 0) is 4.79 Å². The molecule has 1 aliphatic heterocycles. The van der Waals surface area contributed by atoms with E-state index in [1.807, 2.05) is 0 Å². The Bertz CT molecular complexity index is 529. The number of halogens is 5. The molecule has 21 heavy (non-hydrogen) atoms. The fourth-order valence-corrected chi connectivity index (χ4v) is 2.18. The zero-order valence-corrected chi connectivity index (χ0v) is 11.0. The van der Waals surface area contributed by atoms with Gasteiger partial charge in [-0.05, 0) is 12.8 Å². The second-order valence-electron chi connectivity index (χ2n) is 4.71. The molecule has 1 N–H and O–H groups in total. The van der Waals surface area contributed by atoms with Gasteiger partial charge in [0.25, 0.3) is 0 Å². The van der Waals surface area contributed by atoms with Crippen molar-refractivity contribution < 1.29 is 26.7 Å². The molecule has 1 aromatic carbocycles. The van der Waals surface area contributed by atoms with Crippen molar-refractivity contribution in [2.75, 3.05) is 25.0 Å². The molecule has 116 valence electrons. The van der Waals surface area contributed by atoms with Crippen LogP contribution in [0.15, 0.2) is 0 Å². The quantitative estimate of drug-likeness (QED) is 0.527. The lowest BCUT2D eigenvalue weighted by Crippen LogP contribution is -2.29. The first-order chi connectivity index (χ1) is 9.93. The number of anilines is 1. The zero-order valence-electron chi connectivity index (χ0n) is 11.0. The van der Waals surface area contributed by atoms with Crippen molar-refractivity contribution in [1.82, 2.24) is 4.90 Å². The maximum absolute atomic E-state index is 13.3. The number of benzene rings is 1. The highest BCUT2D eigenvalue weighted by Crippen LogP contribution is 2.27. The zero-order chi connectivity index (χ0) is 15.6. The van der Waals surface area contributed by atoms with Crippen LogP contribution in [0.5, 0.6) is 0 Å². The molecule has 0 saturated carbocycles. The molecule has 1 saturated heterocycles. The Balaban J connectivity index is 2.02. The monoisotopic (exact) mass is 308 g/mol. The molecule has 0 radical (unpaired) electrons. The molecule has 1 heterocycles. The van der Waals surface area contributed by atoms with Gasteiger partial charge in [0.1, 0.15) is 5.69 Å². The van der Waals surface area contributed by atoms with E-state index in [2.05, 4.69) is 5.32 Å². The van der Waals surface area contributed by atoms with Crippen LogP contribution in [0.1, 0.15) is 19.3 Å². The van der Waals surface area contributed by atoms with Gasteiger partial charge in [-0.15, -0.1) is 0 Å². The van der Waals surface area contributed by atoms with Gasteiger partial charge in [-0.25, -0.2) is 22.0 Å². The third kappa shape index (κ3) is 3.08. The highest BCUT2D eigenvalue weighted by Gasteiger charge is 2.26. The van der Waals surface area contributed by atoms with Crippen LogP contribution in [0.2, 0.25) is 0 Å². The molecule has 0 spiro atoms. The van der Waals surface area contributed by atoms with Crippen molar-refractivity contribution in [3.63, 3.8) is 0 Å². The van der Waals surface area contributed by atoms with Gasteiger partial charge in [0.15, 0.2) is 23.3 Å². The first-order valence-corrected chi connectivity index (χ1v) is 6.46. The van der Waals surface area contributed by atoms with Crippen LogP contribution >= 0.6 is 0 Å². The van der Waals surface area contributed by atoms with Crippen LogP contribution < -0.4 is 5.32 Å². The van der Waals surface area contributed by atoms with Gasteiger partial charge in [0.2, 0.25) is 11.7 Å². The third-order valence-electron chi connectivity index (χ3n) is 3.31. The fourth-order valence-electron chi connectivity index (χ4n) is 2.18. The number of carbonyl (C=O) groups excluding carboxylic acids is 1. The van der Waals surface area contributed by atoms with Gasteiger partial charge >= 0.3 is 0 Å². The van der Waals surface area contributed by atoms with Gasteiger partial charge in [0.05, 0.1) is 0 Å². The summed E-state index contributed by atoms with van der Waals surface area (Å²) in [5.74, 6) is -10.3. The van der Waals surface area contributed by atoms with E-state index in [4.69, 9.17) is 0 Å². The second kappa shape index (κ2) is 6.28. The Labute approximate surface area is 117 Å². The summed E-state index contributed by atoms with van der Waals surface area (Å²) in [6.45, 7) is 1.04. The van der Waals surface area contributed by atoms with Gasteiger partial charge in [-0.3, -0.25) is 4.79 Å². The van der Waals surface area contributed by atoms with Gasteiger partial charge in [-0.1, -0.05) is 0 Å². The molecule has 0 unspecified atom stereocenters. The minimum Gasteiger partial charge on any atom is -0.380 e. The van der Waals surface area contributed by atoms with Crippen LogP contribution in [0, 0.1) is 29.1 Å². The topological polar surface area (TPSA) is 32.3 Å². The number of rotatable bonds is 4. The molecule has 1 aromatic rings. The van der Waals surface area contributed by atoms with E-state index in [0.717, 1.165) is 12.8 Å². The number of likely N-dealkylation sites (tertiary alicyclic amines) is 1. The number of carbonyl (C=O) groups is 1. The molecule has 1 fully saturated rings. The van der Waals surface area contributed by atoms with Crippen molar-refractivity contribution in [2.24, 2.45) is 0 Å². The molecule has 0 atom stereocenters. The van der Waals surface area contributed by atoms with Crippen molar-refractivity contribution in [3.8, 4) is 0 Å². The number of amides is 1. The molecular formula is C13H13F5N2O. The molecular weight excluding hydrogens is 295 g/mol. The summed E-state index contributed by atoms with van der Waals surface area (Å²) in [6, 6.07) is 0. The minimum absolute atomic E-state index is 0.0838. The molecule has 0 aliphatic carbocycles. The highest BCUT2D eigenvalue weighted by molar-refractivity contribution is 5.77. The number of hydrogen-bond donors (Lipinski definition) is 1. The van der Waals surface area contributed by atoms with Crippen LogP contribution in [0.25, 0.3) is 0 Å². The van der Waals surface area contributed by atoms with Crippen LogP contribution in [0.3, 0.4) is 0 Å². The number of nitrogens with zero attached hydrogens (tertiary/aromatic N) is 1. The molecule has 0 bridgehead atoms. The predicted octanol–water partition coefficient (Wildman–Crippen LogP) is 2.81. The van der Waals surface area contributed by atoms with Crippen molar-refractivity contribution >= 4 is 11.6 Å². The van der Waals surface area contributed by atoms with Gasteiger partial charge in [-0.2, -0.15) is 0 Å². The Hall–Kier alpha value is -1.86. The van der Waals surface area contributed by atoms with Gasteiger partial charge < -0.3 is 10.2 Å². The molecule has 3 nitrogen and oxygen atoms in total. The van der Waals surface area contributed by atoms with Crippen molar-refractivity contribution in [3.05, 3.63) is 29.1 Å². The minimum atomic E-state index is -2.20. The summed E-state index contributed by atoms with van der Waals surface area (Å²) in [6.07, 6.45) is 1.72. The average Bonchev–Trinajstić information content (AvgIpc) is 3.01. The van der Waals surface area contributed by atoms with Crippen molar-refractivity contribution in [1.29, 1.82) is 0 Å². The van der Waals surface area contributed by atoms with E-state index >= 15 is 0 Å². The Kier molecular flexibility index (Phi) is 4.64. The van der Waals surface area contributed by atoms with Gasteiger partial charge in [0, 0.05) is 26.1 Å². The maximum atomic E-state index is 13.3. The van der Waals surface area contributed by atoms with Crippen molar-refractivity contribution in [2.45, 2.75) is 19.3 Å². The summed E-state index contributed by atoms with van der Waals surface area (Å²) in [5, 5.41) is 2.10. The van der Waals surface area contributed by atoms with E-state index in [1.54, 1.807) is 4.90 Å². The van der Waals surface area contributed by atoms with Crippen LogP contribution in [-0.4, -0.2) is 30.4 Å².